The van der Waals surface area contributed by atoms with E-state index in [2.05, 4.69) is 4.98 Å². The van der Waals surface area contributed by atoms with Gasteiger partial charge in [-0.1, -0.05) is 0 Å². The van der Waals surface area contributed by atoms with Gasteiger partial charge >= 0.3 is 0 Å². The zero-order chi connectivity index (χ0) is 21.4. The molecule has 1 atom stereocenters. The number of furan rings is 1. The topological polar surface area (TPSA) is 97.3 Å². The summed E-state index contributed by atoms with van der Waals surface area (Å²) in [6.45, 7) is 9.64. The Morgan fingerprint density at radius 2 is 2.03 bits per heavy atom. The van der Waals surface area contributed by atoms with E-state index in [9.17, 15) is 14.7 Å². The number of aliphatic hydroxyl groups is 1. The molecule has 9 heteroatoms. The number of ketones is 1. The number of aryl methyl sites for hydroxylation is 3. The Morgan fingerprint density at radius 3 is 2.63 bits per heavy atom. The summed E-state index contributed by atoms with van der Waals surface area (Å²) >= 11 is 1.27. The van der Waals surface area contributed by atoms with Crippen molar-refractivity contribution in [2.45, 2.75) is 26.8 Å². The fourth-order valence-corrected chi connectivity index (χ4v) is 4.94. The van der Waals surface area contributed by atoms with Crippen molar-refractivity contribution >= 4 is 23.0 Å². The van der Waals surface area contributed by atoms with Crippen LogP contribution in [-0.2, 0) is 9.53 Å². The number of carbonyl (C=O) groups excluding carboxylic acids is 2. The first-order valence-corrected chi connectivity index (χ1v) is 10.9. The molecule has 1 saturated heterocycles. The fourth-order valence-electron chi connectivity index (χ4n) is 4.07. The maximum atomic E-state index is 13.4. The van der Waals surface area contributed by atoms with Gasteiger partial charge in [0.15, 0.2) is 5.76 Å². The highest BCUT2D eigenvalue weighted by Gasteiger charge is 2.46. The monoisotopic (exact) mass is 432 g/mol. The lowest BCUT2D eigenvalue weighted by Gasteiger charge is -2.28. The molecule has 2 aliphatic heterocycles. The van der Waals surface area contributed by atoms with Gasteiger partial charge in [0, 0.05) is 0 Å². The van der Waals surface area contributed by atoms with E-state index in [-0.39, 0.29) is 11.4 Å². The average Bonchev–Trinajstić information content (AvgIpc) is 3.37. The predicted molar refractivity (Wildman–Crippen MR) is 110 cm³/mol. The fraction of sp³-hybridized carbons (Fsp3) is 0.476. The number of nitrogens with zero attached hydrogens (tertiary/aromatic N) is 2. The second kappa shape index (κ2) is 8.33. The van der Waals surface area contributed by atoms with E-state index in [0.717, 1.165) is 18.1 Å². The van der Waals surface area contributed by atoms with Crippen LogP contribution in [0.3, 0.4) is 0 Å². The number of carbonyl (C=O) groups is 2. The number of rotatable bonds is 6. The summed E-state index contributed by atoms with van der Waals surface area (Å²) < 4.78 is 11.2. The Hall–Kier alpha value is -2.49. The van der Waals surface area contributed by atoms with Crippen LogP contribution >= 0.6 is 11.3 Å². The lowest BCUT2D eigenvalue weighted by atomic mass is 9.99. The summed E-state index contributed by atoms with van der Waals surface area (Å²) in [4.78, 5) is 34.0. The van der Waals surface area contributed by atoms with Gasteiger partial charge in [-0.2, -0.15) is 0 Å². The van der Waals surface area contributed by atoms with E-state index < -0.39 is 17.7 Å². The first-order chi connectivity index (χ1) is 14.4. The molecule has 2 N–H and O–H groups in total. The van der Waals surface area contributed by atoms with Crippen LogP contribution in [0.1, 0.15) is 37.9 Å². The molecule has 1 amide bonds. The predicted octanol–water partition coefficient (Wildman–Crippen LogP) is 1.15. The second-order valence-corrected chi connectivity index (χ2v) is 8.90. The van der Waals surface area contributed by atoms with Crippen LogP contribution in [0.25, 0.3) is 0 Å². The third-order valence-electron chi connectivity index (χ3n) is 5.59. The zero-order valence-corrected chi connectivity index (χ0v) is 18.2. The van der Waals surface area contributed by atoms with Crippen LogP contribution in [0.15, 0.2) is 27.9 Å². The maximum Gasteiger partial charge on any atom is 0.290 e. The number of hydrogen-bond donors (Lipinski definition) is 2. The molecule has 0 radical (unpaired) electrons. The number of thiazole rings is 1. The lowest BCUT2D eigenvalue weighted by Crippen LogP contribution is -3.14. The van der Waals surface area contributed by atoms with Gasteiger partial charge in [-0.3, -0.25) is 9.59 Å². The van der Waals surface area contributed by atoms with Crippen molar-refractivity contribution in [1.29, 1.82) is 0 Å². The van der Waals surface area contributed by atoms with Gasteiger partial charge in [-0.15, -0.1) is 11.3 Å². The minimum absolute atomic E-state index is 0.0677. The average molecular weight is 433 g/mol. The summed E-state index contributed by atoms with van der Waals surface area (Å²) in [5, 5.41) is 11.5. The second-order valence-electron chi connectivity index (χ2n) is 7.70. The third-order valence-corrected chi connectivity index (χ3v) is 6.67. The van der Waals surface area contributed by atoms with Crippen LogP contribution in [0.5, 0.6) is 0 Å². The molecule has 0 bridgehead atoms. The van der Waals surface area contributed by atoms with Crippen molar-refractivity contribution in [2.75, 3.05) is 39.4 Å². The van der Waals surface area contributed by atoms with Crippen molar-refractivity contribution in [2.24, 2.45) is 0 Å². The summed E-state index contributed by atoms with van der Waals surface area (Å²) in [5.41, 5.74) is 0.666. The molecule has 0 saturated carbocycles. The van der Waals surface area contributed by atoms with E-state index in [1.165, 1.54) is 16.2 Å². The number of hydrogen-bond acceptors (Lipinski definition) is 7. The number of aliphatic hydroxyl groups excluding tert-OH is 1. The SMILES string of the molecule is Cc1ccc([C@@H]2C(C(=O)c3sc(C)nc3C)=C(O)C(=O)N2CC[NH+]2CCOCC2)o1. The standard InChI is InChI=1S/C21H25N3O5S/c1-12-4-5-15(29-12)17-16(18(25)20-13(2)22-14(3)30-20)19(26)21(27)24(17)7-6-23-8-10-28-11-9-23/h4-5,17,26H,6-11H2,1-3H3/p+1/t17-/m1/s1. The van der Waals surface area contributed by atoms with Gasteiger partial charge in [-0.05, 0) is 32.9 Å². The van der Waals surface area contributed by atoms with Crippen molar-refractivity contribution in [1.82, 2.24) is 9.88 Å². The number of morpholine rings is 1. The summed E-state index contributed by atoms with van der Waals surface area (Å²) in [7, 11) is 0. The van der Waals surface area contributed by atoms with Crippen molar-refractivity contribution < 1.29 is 28.7 Å². The smallest absolute Gasteiger partial charge is 0.290 e. The Bertz CT molecular complexity index is 1000. The van der Waals surface area contributed by atoms with Crippen LogP contribution < -0.4 is 4.90 Å². The van der Waals surface area contributed by atoms with Crippen molar-refractivity contribution in [3.05, 3.63) is 50.6 Å². The number of aromatic nitrogens is 1. The van der Waals surface area contributed by atoms with Crippen LogP contribution in [-0.4, -0.2) is 66.1 Å². The van der Waals surface area contributed by atoms with Crippen LogP contribution in [0.4, 0.5) is 0 Å². The molecule has 4 heterocycles. The highest BCUT2D eigenvalue weighted by molar-refractivity contribution is 7.14. The van der Waals surface area contributed by atoms with E-state index in [1.807, 2.05) is 13.8 Å². The number of Topliss-reactive ketones (excluding diaryl/α,β-unsaturated/α-hetero) is 1. The third kappa shape index (κ3) is 3.80. The van der Waals surface area contributed by atoms with Crippen LogP contribution in [0, 0.1) is 20.8 Å². The molecule has 2 aromatic heterocycles. The molecule has 2 aliphatic rings. The molecule has 0 aliphatic carbocycles. The molecule has 8 nitrogen and oxygen atoms in total. The highest BCUT2D eigenvalue weighted by atomic mass is 32.1. The molecule has 0 spiro atoms. The van der Waals surface area contributed by atoms with Crippen molar-refractivity contribution in [3.63, 3.8) is 0 Å². The van der Waals surface area contributed by atoms with Gasteiger partial charge in [0.2, 0.25) is 5.78 Å². The van der Waals surface area contributed by atoms with Gasteiger partial charge in [0.05, 0.1) is 47.5 Å². The summed E-state index contributed by atoms with van der Waals surface area (Å²) in [6.07, 6.45) is 0. The first kappa shape index (κ1) is 20.8. The molecule has 4 rings (SSSR count). The highest BCUT2D eigenvalue weighted by Crippen LogP contribution is 2.40. The van der Waals surface area contributed by atoms with Gasteiger partial charge < -0.3 is 24.1 Å². The number of nitrogens with one attached hydrogen (secondary N) is 1. The Balaban J connectivity index is 1.67. The van der Waals surface area contributed by atoms with E-state index in [1.54, 1.807) is 24.0 Å². The molecule has 30 heavy (non-hydrogen) atoms. The quantitative estimate of drug-likeness (QED) is 0.665. The molecule has 1 fully saturated rings. The van der Waals surface area contributed by atoms with Gasteiger partial charge in [-0.25, -0.2) is 4.98 Å². The number of ether oxygens (including phenoxy) is 1. The first-order valence-electron chi connectivity index (χ1n) is 10.1. The molecule has 0 unspecified atom stereocenters. The Labute approximate surface area is 178 Å². The minimum Gasteiger partial charge on any atom is -0.503 e. The maximum absolute atomic E-state index is 13.4. The Morgan fingerprint density at radius 1 is 1.30 bits per heavy atom. The van der Waals surface area contributed by atoms with E-state index in [4.69, 9.17) is 9.15 Å². The summed E-state index contributed by atoms with van der Waals surface area (Å²) in [6, 6.07) is 2.81. The van der Waals surface area contributed by atoms with Gasteiger partial charge in [0.1, 0.15) is 30.7 Å². The normalized spacial score (nSPS) is 20.4. The number of amides is 1. The Kier molecular flexibility index (Phi) is 5.77. The minimum atomic E-state index is -0.749. The van der Waals surface area contributed by atoms with E-state index >= 15 is 0 Å². The lowest BCUT2D eigenvalue weighted by molar-refractivity contribution is -0.907. The molecular formula is C21H26N3O5S+. The molecule has 0 aromatic carbocycles. The molecule has 2 aromatic rings. The van der Waals surface area contributed by atoms with Crippen molar-refractivity contribution in [3.8, 4) is 0 Å². The summed E-state index contributed by atoms with van der Waals surface area (Å²) in [5.74, 6) is -0.252. The van der Waals surface area contributed by atoms with Gasteiger partial charge in [0.25, 0.3) is 5.91 Å². The molecule has 160 valence electrons. The molecular weight excluding hydrogens is 406 g/mol. The number of quaternary nitrogens is 1. The van der Waals surface area contributed by atoms with E-state index in [0.29, 0.717) is 48.4 Å². The zero-order valence-electron chi connectivity index (χ0n) is 17.4. The van der Waals surface area contributed by atoms with Crippen LogP contribution in [0.2, 0.25) is 0 Å². The largest absolute Gasteiger partial charge is 0.503 e.